The van der Waals surface area contributed by atoms with Crippen molar-refractivity contribution in [1.29, 1.82) is 0 Å². The minimum atomic E-state index is -0.0609. The normalized spacial score (nSPS) is 10.6. The quantitative estimate of drug-likeness (QED) is 0.810. The van der Waals surface area contributed by atoms with Crippen LogP contribution in [-0.2, 0) is 10.5 Å². The van der Waals surface area contributed by atoms with Gasteiger partial charge in [-0.1, -0.05) is 11.8 Å². The van der Waals surface area contributed by atoms with Crippen LogP contribution in [0.25, 0.3) is 4.96 Å². The Morgan fingerprint density at radius 1 is 1.71 bits per heavy atom. The molecule has 0 saturated carbocycles. The van der Waals surface area contributed by atoms with E-state index in [4.69, 9.17) is 17.0 Å². The van der Waals surface area contributed by atoms with Gasteiger partial charge in [-0.25, -0.2) is 4.98 Å². The second-order valence-electron chi connectivity index (χ2n) is 3.11. The summed E-state index contributed by atoms with van der Waals surface area (Å²) >= 11 is 7.81. The van der Waals surface area contributed by atoms with Gasteiger partial charge in [0.1, 0.15) is 0 Å². The summed E-state index contributed by atoms with van der Waals surface area (Å²) in [6, 6.07) is 1.53. The van der Waals surface area contributed by atoms with Gasteiger partial charge in [-0.05, 0) is 19.1 Å². The third-order valence-corrected chi connectivity index (χ3v) is 3.98. The molecule has 0 spiro atoms. The Labute approximate surface area is 112 Å². The zero-order valence-corrected chi connectivity index (χ0v) is 11.5. The fraction of sp³-hybridized carbons (Fsp3) is 0.300. The van der Waals surface area contributed by atoms with E-state index in [1.807, 2.05) is 12.3 Å². The van der Waals surface area contributed by atoms with Gasteiger partial charge in [0.25, 0.3) is 5.56 Å². The van der Waals surface area contributed by atoms with Crippen molar-refractivity contribution >= 4 is 44.7 Å². The maximum atomic E-state index is 11.7. The summed E-state index contributed by atoms with van der Waals surface area (Å²) in [7, 11) is 0. The maximum Gasteiger partial charge on any atom is 0.258 e. The predicted molar refractivity (Wildman–Crippen MR) is 74.9 cm³/mol. The van der Waals surface area contributed by atoms with Crippen molar-refractivity contribution < 1.29 is 4.74 Å². The molecule has 7 heteroatoms. The number of thiazole rings is 1. The molecule has 0 atom stereocenters. The van der Waals surface area contributed by atoms with Crippen LogP contribution in [0.4, 0.5) is 0 Å². The van der Waals surface area contributed by atoms with E-state index < -0.39 is 0 Å². The first-order chi connectivity index (χ1) is 8.20. The molecular weight excluding hydrogens is 276 g/mol. The lowest BCUT2D eigenvalue weighted by molar-refractivity contribution is 0.346. The second-order valence-corrected chi connectivity index (χ2v) is 5.56. The minimum Gasteiger partial charge on any atom is -0.479 e. The first-order valence-electron chi connectivity index (χ1n) is 4.96. The molecule has 0 fully saturated rings. The Kier molecular flexibility index (Phi) is 4.14. The van der Waals surface area contributed by atoms with Crippen LogP contribution in [0.2, 0.25) is 0 Å². The lowest BCUT2D eigenvalue weighted by atomic mass is 10.4. The molecule has 0 bridgehead atoms. The standard InChI is InChI=1S/C10H10N2O2S3/c1-2-14-10(15)17-6-7-5-8(13)12-3-4-16-9(12)11-7/h3-5H,2,6H2,1H3. The van der Waals surface area contributed by atoms with Gasteiger partial charge < -0.3 is 4.74 Å². The first kappa shape index (κ1) is 12.5. The lowest BCUT2D eigenvalue weighted by Crippen LogP contribution is -2.12. The van der Waals surface area contributed by atoms with Crippen LogP contribution in [0.15, 0.2) is 22.4 Å². The maximum absolute atomic E-state index is 11.7. The van der Waals surface area contributed by atoms with Gasteiger partial charge in [0.05, 0.1) is 12.3 Å². The molecule has 0 amide bonds. The number of fused-ring (bicyclic) bond motifs is 1. The number of thioether (sulfide) groups is 1. The number of hydrogen-bond donors (Lipinski definition) is 0. The van der Waals surface area contributed by atoms with Gasteiger partial charge in [0.2, 0.25) is 4.38 Å². The molecule has 2 aromatic heterocycles. The molecule has 0 unspecified atom stereocenters. The molecule has 17 heavy (non-hydrogen) atoms. The van der Waals surface area contributed by atoms with E-state index in [-0.39, 0.29) is 5.56 Å². The molecule has 0 N–H and O–H groups in total. The SMILES string of the molecule is CCOC(=S)SCc1cc(=O)n2ccsc2n1. The molecule has 90 valence electrons. The van der Waals surface area contributed by atoms with Gasteiger partial charge in [-0.3, -0.25) is 9.20 Å². The highest BCUT2D eigenvalue weighted by Crippen LogP contribution is 2.14. The second kappa shape index (κ2) is 5.61. The Morgan fingerprint density at radius 2 is 2.53 bits per heavy atom. The average molecular weight is 286 g/mol. The van der Waals surface area contributed by atoms with Crippen molar-refractivity contribution in [3.63, 3.8) is 0 Å². The molecule has 0 aromatic carbocycles. The third-order valence-electron chi connectivity index (χ3n) is 1.96. The monoisotopic (exact) mass is 286 g/mol. The summed E-state index contributed by atoms with van der Waals surface area (Å²) in [6.45, 7) is 2.45. The molecule has 2 rings (SSSR count). The smallest absolute Gasteiger partial charge is 0.258 e. The summed E-state index contributed by atoms with van der Waals surface area (Å²) in [5, 5.41) is 1.84. The van der Waals surface area contributed by atoms with Gasteiger partial charge in [-0.2, -0.15) is 0 Å². The number of rotatable bonds is 3. The van der Waals surface area contributed by atoms with Crippen LogP contribution in [-0.4, -0.2) is 20.4 Å². The van der Waals surface area contributed by atoms with E-state index in [0.29, 0.717) is 21.7 Å². The van der Waals surface area contributed by atoms with Crippen molar-refractivity contribution in [3.8, 4) is 0 Å². The van der Waals surface area contributed by atoms with E-state index in [0.717, 1.165) is 5.69 Å². The molecular formula is C10H10N2O2S3. The highest BCUT2D eigenvalue weighted by molar-refractivity contribution is 8.22. The number of nitrogens with zero attached hydrogens (tertiary/aromatic N) is 2. The zero-order valence-electron chi connectivity index (χ0n) is 9.08. The van der Waals surface area contributed by atoms with Gasteiger partial charge in [0.15, 0.2) is 4.96 Å². The summed E-state index contributed by atoms with van der Waals surface area (Å²) in [5.41, 5.74) is 0.665. The van der Waals surface area contributed by atoms with E-state index >= 15 is 0 Å². The molecule has 0 aliphatic rings. The highest BCUT2D eigenvalue weighted by atomic mass is 32.2. The number of hydrogen-bond acceptors (Lipinski definition) is 6. The van der Waals surface area contributed by atoms with Crippen molar-refractivity contribution in [3.05, 3.63) is 33.7 Å². The van der Waals surface area contributed by atoms with Crippen molar-refractivity contribution in [2.24, 2.45) is 0 Å². The topological polar surface area (TPSA) is 43.6 Å². The van der Waals surface area contributed by atoms with Crippen LogP contribution in [0.1, 0.15) is 12.6 Å². The highest BCUT2D eigenvalue weighted by Gasteiger charge is 2.05. The average Bonchev–Trinajstić information content (AvgIpc) is 2.75. The van der Waals surface area contributed by atoms with E-state index in [2.05, 4.69) is 4.98 Å². The van der Waals surface area contributed by atoms with Gasteiger partial charge >= 0.3 is 0 Å². The first-order valence-corrected chi connectivity index (χ1v) is 7.23. The largest absolute Gasteiger partial charge is 0.479 e. The van der Waals surface area contributed by atoms with Crippen molar-refractivity contribution in [2.75, 3.05) is 6.61 Å². The van der Waals surface area contributed by atoms with E-state index in [1.54, 1.807) is 6.20 Å². The van der Waals surface area contributed by atoms with E-state index in [1.165, 1.54) is 33.6 Å². The minimum absolute atomic E-state index is 0.0609. The lowest BCUT2D eigenvalue weighted by Gasteiger charge is -2.03. The summed E-state index contributed by atoms with van der Waals surface area (Å²) in [5.74, 6) is 0.558. The molecule has 0 radical (unpaired) electrons. The number of thiocarbonyl (C=S) groups is 1. The van der Waals surface area contributed by atoms with Crippen LogP contribution in [0.5, 0.6) is 0 Å². The van der Waals surface area contributed by atoms with Crippen molar-refractivity contribution in [2.45, 2.75) is 12.7 Å². The summed E-state index contributed by atoms with van der Waals surface area (Å²) in [6.07, 6.45) is 1.72. The predicted octanol–water partition coefficient (Wildman–Crippen LogP) is 2.31. The van der Waals surface area contributed by atoms with Crippen LogP contribution < -0.4 is 5.56 Å². The van der Waals surface area contributed by atoms with Crippen molar-refractivity contribution in [1.82, 2.24) is 9.38 Å². The summed E-state index contributed by atoms with van der Waals surface area (Å²) in [4.78, 5) is 16.8. The molecule has 2 heterocycles. The van der Waals surface area contributed by atoms with Crippen LogP contribution >= 0.6 is 35.3 Å². The molecule has 0 saturated heterocycles. The van der Waals surface area contributed by atoms with Gasteiger partial charge in [-0.15, -0.1) is 11.3 Å². The summed E-state index contributed by atoms with van der Waals surface area (Å²) < 4.78 is 7.17. The van der Waals surface area contributed by atoms with Crippen LogP contribution in [0.3, 0.4) is 0 Å². The zero-order chi connectivity index (χ0) is 12.3. The number of aromatic nitrogens is 2. The fourth-order valence-electron chi connectivity index (χ4n) is 1.25. The fourth-order valence-corrected chi connectivity index (χ4v) is 2.90. The Balaban J connectivity index is 2.14. The van der Waals surface area contributed by atoms with Crippen LogP contribution in [0, 0.1) is 0 Å². The van der Waals surface area contributed by atoms with E-state index in [9.17, 15) is 4.79 Å². The van der Waals surface area contributed by atoms with Gasteiger partial charge in [0, 0.05) is 23.4 Å². The molecule has 4 nitrogen and oxygen atoms in total. The third kappa shape index (κ3) is 3.05. The Bertz CT molecular complexity index is 590. The Hall–Kier alpha value is -0.920. The molecule has 2 aromatic rings. The Morgan fingerprint density at radius 3 is 3.29 bits per heavy atom. The molecule has 0 aliphatic heterocycles. The molecule has 0 aliphatic carbocycles. The number of ether oxygens (including phenoxy) is 1.